The summed E-state index contributed by atoms with van der Waals surface area (Å²) >= 11 is 0. The zero-order valence-electron chi connectivity index (χ0n) is 30.8. The average molecular weight is 696 g/mol. The highest BCUT2D eigenvalue weighted by molar-refractivity contribution is 6.30. The minimum Gasteiger partial charge on any atom is -0.402 e. The van der Waals surface area contributed by atoms with Gasteiger partial charge in [-0.25, -0.2) is 0 Å². The van der Waals surface area contributed by atoms with Gasteiger partial charge in [-0.05, 0) is 54.5 Å². The van der Waals surface area contributed by atoms with E-state index < -0.39 is 7.32 Å². The van der Waals surface area contributed by atoms with Crippen LogP contribution in [-0.2, 0) is 39.3 Å². The summed E-state index contributed by atoms with van der Waals surface area (Å²) in [5.41, 5.74) is 8.17. The highest BCUT2D eigenvalue weighted by Gasteiger charge is 2.03. The monoisotopic (exact) mass is 695 g/mol. The molecular weight excluding hydrogens is 641 g/mol. The Morgan fingerprint density at radius 1 is 0.288 bits per heavy atom. The molecule has 6 aromatic rings. The van der Waals surface area contributed by atoms with Crippen molar-refractivity contribution in [3.8, 4) is 0 Å². The largest absolute Gasteiger partial charge is 0.631 e. The van der Waals surface area contributed by atoms with Gasteiger partial charge in [-0.3, -0.25) is 14.7 Å². The van der Waals surface area contributed by atoms with Crippen LogP contribution in [0.15, 0.2) is 182 Å². The molecule has 6 rings (SSSR count). The van der Waals surface area contributed by atoms with Gasteiger partial charge in [-0.1, -0.05) is 182 Å². The predicted octanol–water partition coefficient (Wildman–Crippen LogP) is 7.90. The summed E-state index contributed by atoms with van der Waals surface area (Å²) in [6, 6.07) is 63.4. The Balaban J connectivity index is 0.000000200. The highest BCUT2D eigenvalue weighted by Crippen LogP contribution is 2.10. The predicted molar refractivity (Wildman–Crippen MR) is 217 cm³/mol. The third kappa shape index (κ3) is 19.5. The molecule has 7 heteroatoms. The molecule has 0 fully saturated rings. The zero-order valence-corrected chi connectivity index (χ0v) is 30.8. The van der Waals surface area contributed by atoms with E-state index in [9.17, 15) is 0 Å². The fourth-order valence-corrected chi connectivity index (χ4v) is 5.54. The van der Waals surface area contributed by atoms with Crippen LogP contribution in [0.25, 0.3) is 0 Å². The van der Waals surface area contributed by atoms with Crippen LogP contribution in [0.3, 0.4) is 0 Å². The van der Waals surface area contributed by atoms with E-state index in [2.05, 4.69) is 218 Å². The average Bonchev–Trinajstić information content (AvgIpc) is 3.14. The lowest BCUT2D eigenvalue weighted by atomic mass is 10.2. The Bertz CT molecular complexity index is 1370. The van der Waals surface area contributed by atoms with E-state index in [1.165, 1.54) is 33.4 Å². The lowest BCUT2D eigenvalue weighted by Gasteiger charge is -2.16. The zero-order chi connectivity index (χ0) is 37.2. The molecule has 0 saturated carbocycles. The van der Waals surface area contributed by atoms with Gasteiger partial charge in [0.1, 0.15) is 0 Å². The Morgan fingerprint density at radius 3 is 0.519 bits per heavy atom. The van der Waals surface area contributed by atoms with Crippen LogP contribution in [0, 0.1) is 0 Å². The van der Waals surface area contributed by atoms with E-state index in [0.29, 0.717) is 0 Å². The summed E-state index contributed by atoms with van der Waals surface area (Å²) in [7, 11) is 4.29. The molecule has 0 aromatic heterocycles. The molecule has 270 valence electrons. The number of rotatable bonds is 12. The molecular formula is C45H54BN3O3. The van der Waals surface area contributed by atoms with E-state index in [4.69, 9.17) is 15.1 Å². The Labute approximate surface area is 312 Å². The van der Waals surface area contributed by atoms with Crippen molar-refractivity contribution in [3.05, 3.63) is 215 Å². The maximum absolute atomic E-state index is 7.17. The number of nitrogens with zero attached hydrogens (tertiary/aromatic N) is 3. The lowest BCUT2D eigenvalue weighted by molar-refractivity contribution is 0.278. The van der Waals surface area contributed by atoms with Gasteiger partial charge in [0.15, 0.2) is 0 Å². The maximum atomic E-state index is 7.17. The summed E-state index contributed by atoms with van der Waals surface area (Å²) in [5.74, 6) is 0. The van der Waals surface area contributed by atoms with E-state index in [1.54, 1.807) is 0 Å². The van der Waals surface area contributed by atoms with Crippen molar-refractivity contribution < 1.29 is 15.1 Å². The molecule has 0 spiro atoms. The first-order chi connectivity index (χ1) is 25.3. The second-order valence-electron chi connectivity index (χ2n) is 12.8. The third-order valence-corrected chi connectivity index (χ3v) is 7.77. The fourth-order valence-electron chi connectivity index (χ4n) is 5.54. The molecule has 0 amide bonds. The molecule has 0 heterocycles. The summed E-state index contributed by atoms with van der Waals surface area (Å²) in [4.78, 5) is 6.97. The Morgan fingerprint density at radius 2 is 0.404 bits per heavy atom. The molecule has 0 radical (unpaired) electrons. The van der Waals surface area contributed by atoms with E-state index in [0.717, 1.165) is 39.3 Å². The quantitative estimate of drug-likeness (QED) is 0.113. The van der Waals surface area contributed by atoms with Crippen LogP contribution < -0.4 is 0 Å². The van der Waals surface area contributed by atoms with Gasteiger partial charge >= 0.3 is 7.32 Å². The van der Waals surface area contributed by atoms with Crippen molar-refractivity contribution in [3.63, 3.8) is 0 Å². The van der Waals surface area contributed by atoms with Crippen LogP contribution in [0.5, 0.6) is 0 Å². The van der Waals surface area contributed by atoms with Gasteiger partial charge in [-0.15, -0.1) is 0 Å². The van der Waals surface area contributed by atoms with Gasteiger partial charge < -0.3 is 15.1 Å². The first-order valence-corrected chi connectivity index (χ1v) is 17.6. The summed E-state index contributed by atoms with van der Waals surface area (Å²) in [6.45, 7) is 5.97. The standard InChI is InChI=1S/3C15H17N.BH3O3/c3*1-16(12-14-8-4-2-5-9-14)13-15-10-6-3-7-11-15;2-1(3)4/h3*2-11H,12-13H2,1H3;2-4H. The van der Waals surface area contributed by atoms with Gasteiger partial charge in [-0.2, -0.15) is 0 Å². The van der Waals surface area contributed by atoms with Crippen molar-refractivity contribution >= 4 is 7.32 Å². The van der Waals surface area contributed by atoms with E-state index in [-0.39, 0.29) is 0 Å². The summed E-state index contributed by atoms with van der Waals surface area (Å²) < 4.78 is 0. The smallest absolute Gasteiger partial charge is 0.402 e. The molecule has 0 aliphatic heterocycles. The van der Waals surface area contributed by atoms with Gasteiger partial charge in [0.2, 0.25) is 0 Å². The number of hydrogen-bond donors (Lipinski definition) is 3. The molecule has 0 bridgehead atoms. The fraction of sp³-hybridized carbons (Fsp3) is 0.200. The van der Waals surface area contributed by atoms with Crippen molar-refractivity contribution in [2.75, 3.05) is 21.1 Å². The van der Waals surface area contributed by atoms with Crippen LogP contribution in [0.4, 0.5) is 0 Å². The summed E-state index contributed by atoms with van der Waals surface area (Å²) in [6.07, 6.45) is 0. The second-order valence-corrected chi connectivity index (χ2v) is 12.8. The molecule has 6 aromatic carbocycles. The number of hydrogen-bond acceptors (Lipinski definition) is 6. The third-order valence-electron chi connectivity index (χ3n) is 7.77. The molecule has 0 aliphatic rings. The molecule has 3 N–H and O–H groups in total. The van der Waals surface area contributed by atoms with Crippen LogP contribution in [0.1, 0.15) is 33.4 Å². The first-order valence-electron chi connectivity index (χ1n) is 17.6. The van der Waals surface area contributed by atoms with Gasteiger partial charge in [0.25, 0.3) is 0 Å². The molecule has 0 aliphatic carbocycles. The topological polar surface area (TPSA) is 70.4 Å². The van der Waals surface area contributed by atoms with Gasteiger partial charge in [0.05, 0.1) is 0 Å². The Kier molecular flexibility index (Phi) is 20.1. The normalized spacial score (nSPS) is 10.3. The Hall–Kier alpha value is -4.86. The highest BCUT2D eigenvalue weighted by atomic mass is 16.5. The van der Waals surface area contributed by atoms with Crippen molar-refractivity contribution in [2.24, 2.45) is 0 Å². The van der Waals surface area contributed by atoms with Crippen molar-refractivity contribution in [1.29, 1.82) is 0 Å². The minimum absolute atomic E-state index is 0.996. The SMILES string of the molecule is CN(Cc1ccccc1)Cc1ccccc1.CN(Cc1ccccc1)Cc1ccccc1.CN(Cc1ccccc1)Cc1ccccc1.OB(O)O. The molecule has 0 unspecified atom stereocenters. The minimum atomic E-state index is -2.17. The van der Waals surface area contributed by atoms with Crippen molar-refractivity contribution in [2.45, 2.75) is 39.3 Å². The van der Waals surface area contributed by atoms with Crippen LogP contribution >= 0.6 is 0 Å². The van der Waals surface area contributed by atoms with Crippen molar-refractivity contribution in [1.82, 2.24) is 14.7 Å². The lowest BCUT2D eigenvalue weighted by Crippen LogP contribution is -2.16. The number of benzene rings is 6. The maximum Gasteiger partial charge on any atom is 0.631 e. The molecule has 0 atom stereocenters. The second kappa shape index (κ2) is 25.2. The van der Waals surface area contributed by atoms with Crippen LogP contribution in [-0.4, -0.2) is 58.2 Å². The van der Waals surface area contributed by atoms with E-state index >= 15 is 0 Å². The first kappa shape index (κ1) is 41.6. The molecule has 0 saturated heterocycles. The molecule has 6 nitrogen and oxygen atoms in total. The molecule has 52 heavy (non-hydrogen) atoms. The van der Waals surface area contributed by atoms with Crippen LogP contribution in [0.2, 0.25) is 0 Å². The van der Waals surface area contributed by atoms with Gasteiger partial charge in [0, 0.05) is 39.3 Å². The summed E-state index contributed by atoms with van der Waals surface area (Å²) in [5, 5.41) is 21.5. The van der Waals surface area contributed by atoms with E-state index in [1.807, 2.05) is 0 Å².